The number of carbonyl (C=O) groups is 4. The highest BCUT2D eigenvalue weighted by Crippen LogP contribution is 2.51. The maximum Gasteiger partial charge on any atom is 0.243 e. The van der Waals surface area contributed by atoms with E-state index in [-0.39, 0.29) is 63.7 Å². The number of nitrogens with one attached hydrogen (secondary N) is 4. The van der Waals surface area contributed by atoms with Gasteiger partial charge in [-0.3, -0.25) is 19.2 Å². The number of allylic oxidation sites excluding steroid dienone is 2. The van der Waals surface area contributed by atoms with Gasteiger partial charge in [-0.15, -0.1) is 0 Å². The number of nitrogens with zero attached hydrogens (tertiary/aromatic N) is 3. The van der Waals surface area contributed by atoms with Crippen LogP contribution in [-0.2, 0) is 35.4 Å². The molecule has 0 radical (unpaired) electrons. The molecule has 4 aliphatic heterocycles. The standard InChI is InChI=1S/C26H40N2O.C24H34FN3O2.C21H32N2O.3H2/c1-20(2)8-7-9-21(3)13-17-28-18-15-26(16-19-28)14-12-25(27-22(4)29)23-10-5-6-11-24(23)26;1-23(2,3)8-11-28-12-9-24(10-13-28)7-6-19(17-5-4-16(25)14-18(17)24)27-22(30)20-15-21(29)26-20;1-16(24)22-19-9-10-21(18-8-6-5-7-17(18)19)11-13-23(14-12-21)15-20(2,3)4;;;/h5-6,8,10-11,21,25H,7,9,12-19H2,1-4H3,(H,27,29);4-5,14,19-20H,6-13,15H2,1-3H3,(H,26,29)(H,27,30);5-8,19H,9-15H2,1-4H3,(H,22,24);3*1H/t21?,25-;19-,20?;19-;;;/m000.../s1. The van der Waals surface area contributed by atoms with Crippen LogP contribution in [0.25, 0.3) is 0 Å². The van der Waals surface area contributed by atoms with Crippen LogP contribution >= 0.6 is 0 Å². The molecule has 4 saturated heterocycles. The molecule has 0 bridgehead atoms. The van der Waals surface area contributed by atoms with Gasteiger partial charge in [0.25, 0.3) is 0 Å². The summed E-state index contributed by atoms with van der Waals surface area (Å²) in [6.45, 7) is 34.3. The molecular formula is C71H112FN7O4. The number of halogens is 1. The molecule has 0 aromatic heterocycles. The van der Waals surface area contributed by atoms with Crippen LogP contribution in [0, 0.1) is 22.6 Å². The summed E-state index contributed by atoms with van der Waals surface area (Å²) in [6.07, 6.45) is 21.0. The minimum atomic E-state index is -0.427. The quantitative estimate of drug-likeness (QED) is 0.0992. The Morgan fingerprint density at radius 3 is 1.52 bits per heavy atom. The van der Waals surface area contributed by atoms with Crippen molar-refractivity contribution < 1.29 is 27.8 Å². The molecule has 12 heteroatoms. The number of β-lactam (4-membered cyclic amide) rings is 1. The van der Waals surface area contributed by atoms with Crippen molar-refractivity contribution in [2.24, 2.45) is 16.7 Å². The van der Waals surface area contributed by atoms with Gasteiger partial charge in [0, 0.05) is 24.7 Å². The molecule has 4 heterocycles. The molecule has 2 unspecified atom stereocenters. The van der Waals surface area contributed by atoms with Crippen molar-refractivity contribution in [2.75, 3.05) is 58.9 Å². The van der Waals surface area contributed by atoms with Gasteiger partial charge in [0.2, 0.25) is 23.6 Å². The molecule has 4 N–H and O–H groups in total. The fourth-order valence-corrected chi connectivity index (χ4v) is 15.2. The molecule has 83 heavy (non-hydrogen) atoms. The highest BCUT2D eigenvalue weighted by atomic mass is 19.1. The first-order valence-electron chi connectivity index (χ1n) is 32.3. The van der Waals surface area contributed by atoms with Gasteiger partial charge in [-0.05, 0) is 247 Å². The zero-order chi connectivity index (χ0) is 59.7. The summed E-state index contributed by atoms with van der Waals surface area (Å²) in [5.41, 5.74) is 10.6. The summed E-state index contributed by atoms with van der Waals surface area (Å²) in [5.74, 6) is 0.526. The lowest BCUT2D eigenvalue weighted by molar-refractivity contribution is -0.137. The number of rotatable bonds is 13. The number of amides is 4. The van der Waals surface area contributed by atoms with Crippen molar-refractivity contribution in [1.82, 2.24) is 36.0 Å². The van der Waals surface area contributed by atoms with E-state index in [9.17, 15) is 23.6 Å². The van der Waals surface area contributed by atoms with Crippen molar-refractivity contribution in [3.05, 3.63) is 118 Å². The molecule has 3 spiro atoms. The van der Waals surface area contributed by atoms with Crippen LogP contribution in [0.4, 0.5) is 4.39 Å². The third kappa shape index (κ3) is 17.0. The summed E-state index contributed by atoms with van der Waals surface area (Å²) >= 11 is 0. The van der Waals surface area contributed by atoms with Gasteiger partial charge >= 0.3 is 0 Å². The maximum absolute atomic E-state index is 14.2. The predicted molar refractivity (Wildman–Crippen MR) is 342 cm³/mol. The molecule has 462 valence electrons. The average Bonchev–Trinajstić information content (AvgIpc) is 0.828. The monoisotopic (exact) mass is 1150 g/mol. The Balaban J connectivity index is 0.000000233. The van der Waals surface area contributed by atoms with Gasteiger partial charge in [0.1, 0.15) is 11.9 Å². The SMILES string of the molecule is CC(=O)N[C@H]1CCC2(CCN(CC(C)(C)C)CC2)c2ccccc21.CC(=O)N[C@H]1CCC2(CCN(CCC(C)CCC=C(C)C)CC2)c2ccccc21.CC(C)(C)CCN1CCC2(CC[C@H](NC(=O)C3CC(=O)N3)c3ccc(F)cc32)CC1.[HH].[HH].[HH]. The van der Waals surface area contributed by atoms with Gasteiger partial charge in [0.15, 0.2) is 0 Å². The van der Waals surface area contributed by atoms with Crippen LogP contribution < -0.4 is 21.3 Å². The van der Waals surface area contributed by atoms with Gasteiger partial charge in [-0.1, -0.05) is 115 Å². The second-order valence-electron chi connectivity index (χ2n) is 29.3. The van der Waals surface area contributed by atoms with E-state index in [1.807, 2.05) is 6.07 Å². The van der Waals surface area contributed by atoms with E-state index in [0.717, 1.165) is 75.2 Å². The van der Waals surface area contributed by atoms with Gasteiger partial charge < -0.3 is 36.0 Å². The average molecular weight is 1150 g/mol. The number of fused-ring (bicyclic) bond motifs is 6. The number of hydrogen-bond donors (Lipinski definition) is 4. The molecule has 3 aromatic carbocycles. The number of piperidine rings is 3. The number of benzene rings is 3. The lowest BCUT2D eigenvalue weighted by Gasteiger charge is -2.48. The first-order valence-corrected chi connectivity index (χ1v) is 32.3. The minimum Gasteiger partial charge on any atom is -0.350 e. The Kier molecular flexibility index (Phi) is 21.3. The summed E-state index contributed by atoms with van der Waals surface area (Å²) < 4.78 is 14.2. The van der Waals surface area contributed by atoms with Gasteiger partial charge in [-0.25, -0.2) is 4.39 Å². The highest BCUT2D eigenvalue weighted by molar-refractivity contribution is 5.97. The smallest absolute Gasteiger partial charge is 0.243 e. The third-order valence-electron chi connectivity index (χ3n) is 20.1. The van der Waals surface area contributed by atoms with Crippen molar-refractivity contribution >= 4 is 23.6 Å². The van der Waals surface area contributed by atoms with Gasteiger partial charge in [-0.2, -0.15) is 0 Å². The van der Waals surface area contributed by atoms with E-state index in [2.05, 4.69) is 153 Å². The van der Waals surface area contributed by atoms with Crippen LogP contribution in [0.1, 0.15) is 241 Å². The van der Waals surface area contributed by atoms with E-state index in [4.69, 9.17) is 0 Å². The Bertz CT molecular complexity index is 2720. The molecule has 3 aliphatic carbocycles. The summed E-state index contributed by atoms with van der Waals surface area (Å²) in [4.78, 5) is 54.7. The molecule has 3 aromatic rings. The van der Waals surface area contributed by atoms with E-state index in [0.29, 0.717) is 21.7 Å². The fraction of sp³-hybridized carbons (Fsp3) is 0.662. The number of likely N-dealkylation sites (tertiary alicyclic amines) is 3. The van der Waals surface area contributed by atoms with Crippen LogP contribution in [0.2, 0.25) is 0 Å². The molecule has 11 nitrogen and oxygen atoms in total. The van der Waals surface area contributed by atoms with E-state index in [1.165, 1.54) is 137 Å². The maximum atomic E-state index is 14.2. The molecule has 4 fully saturated rings. The Labute approximate surface area is 504 Å². The summed E-state index contributed by atoms with van der Waals surface area (Å²) in [6, 6.07) is 22.5. The molecule has 10 rings (SSSR count). The lowest BCUT2D eigenvalue weighted by Crippen LogP contribution is -2.57. The summed E-state index contributed by atoms with van der Waals surface area (Å²) in [5, 5.41) is 12.1. The van der Waals surface area contributed by atoms with Crippen molar-refractivity contribution in [3.8, 4) is 0 Å². The first-order chi connectivity index (χ1) is 39.3. The first kappa shape index (κ1) is 64.1. The van der Waals surface area contributed by atoms with Crippen molar-refractivity contribution in [1.29, 1.82) is 0 Å². The van der Waals surface area contributed by atoms with Crippen molar-refractivity contribution in [2.45, 2.75) is 226 Å². The van der Waals surface area contributed by atoms with Crippen molar-refractivity contribution in [3.63, 3.8) is 0 Å². The van der Waals surface area contributed by atoms with Crippen LogP contribution in [0.5, 0.6) is 0 Å². The second kappa shape index (κ2) is 27.6. The topological polar surface area (TPSA) is 126 Å². The molecular weight excluding hydrogens is 1030 g/mol. The normalized spacial score (nSPS) is 23.9. The zero-order valence-corrected chi connectivity index (χ0v) is 53.1. The largest absolute Gasteiger partial charge is 0.350 e. The molecule has 4 amide bonds. The highest BCUT2D eigenvalue weighted by Gasteiger charge is 2.46. The Morgan fingerprint density at radius 2 is 1.06 bits per heavy atom. The molecule has 0 saturated carbocycles. The Hall–Kier alpha value is -4.91. The summed E-state index contributed by atoms with van der Waals surface area (Å²) in [7, 11) is 0. The number of carbonyl (C=O) groups excluding carboxylic acids is 4. The van der Waals surface area contributed by atoms with Crippen LogP contribution in [0.15, 0.2) is 78.4 Å². The fourth-order valence-electron chi connectivity index (χ4n) is 15.2. The minimum absolute atomic E-state index is 0. The van der Waals surface area contributed by atoms with Crippen LogP contribution in [0.3, 0.4) is 0 Å². The van der Waals surface area contributed by atoms with Crippen LogP contribution in [-0.4, -0.2) is 103 Å². The lowest BCUT2D eigenvalue weighted by atomic mass is 9.63. The second-order valence-corrected chi connectivity index (χ2v) is 29.3. The molecule has 7 aliphatic rings. The number of hydrogen-bond acceptors (Lipinski definition) is 7. The van der Waals surface area contributed by atoms with Gasteiger partial charge in [0.05, 0.1) is 24.5 Å². The van der Waals surface area contributed by atoms with E-state index < -0.39 is 6.04 Å². The third-order valence-corrected chi connectivity index (χ3v) is 20.1. The predicted octanol–water partition coefficient (Wildman–Crippen LogP) is 14.0. The van der Waals surface area contributed by atoms with E-state index in [1.54, 1.807) is 19.9 Å². The van der Waals surface area contributed by atoms with E-state index >= 15 is 0 Å². The molecule has 5 atom stereocenters. The Morgan fingerprint density at radius 1 is 0.614 bits per heavy atom. The zero-order valence-electron chi connectivity index (χ0n) is 53.1.